The van der Waals surface area contributed by atoms with Crippen LogP contribution in [0.3, 0.4) is 0 Å². The van der Waals surface area contributed by atoms with Crippen LogP contribution in [0.25, 0.3) is 10.9 Å². The highest BCUT2D eigenvalue weighted by atomic mass is 35.5. The van der Waals surface area contributed by atoms with E-state index in [1.807, 2.05) is 24.3 Å². The zero-order valence-corrected chi connectivity index (χ0v) is 9.78. The quantitative estimate of drug-likeness (QED) is 0.807. The zero-order valence-electron chi connectivity index (χ0n) is 9.02. The molecule has 1 unspecified atom stereocenters. The third-order valence-electron chi connectivity index (χ3n) is 2.89. The minimum absolute atomic E-state index is 0.0877. The van der Waals surface area contributed by atoms with E-state index in [2.05, 4.69) is 15.3 Å². The van der Waals surface area contributed by atoms with Gasteiger partial charge in [-0.25, -0.2) is 0 Å². The first-order chi connectivity index (χ1) is 8.25. The Morgan fingerprint density at radius 3 is 3.00 bits per heavy atom. The second kappa shape index (κ2) is 3.89. The molecule has 0 radical (unpaired) electrons. The summed E-state index contributed by atoms with van der Waals surface area (Å²) < 4.78 is 0. The number of nitrogens with two attached hydrogens (primary N) is 1. The van der Waals surface area contributed by atoms with Crippen molar-refractivity contribution in [2.24, 2.45) is 10.7 Å². The Balaban J connectivity index is 2.15. The summed E-state index contributed by atoms with van der Waals surface area (Å²) in [5.41, 5.74) is 7.61. The molecule has 1 atom stereocenters. The van der Waals surface area contributed by atoms with Crippen molar-refractivity contribution in [3.05, 3.63) is 41.0 Å². The molecule has 2 heterocycles. The van der Waals surface area contributed by atoms with Gasteiger partial charge in [-0.3, -0.25) is 9.98 Å². The molecular formula is C12H11ClN4. The average Bonchev–Trinajstić information content (AvgIpc) is 2.77. The van der Waals surface area contributed by atoms with E-state index in [1.165, 1.54) is 0 Å². The lowest BCUT2D eigenvalue weighted by Gasteiger charge is -2.13. The van der Waals surface area contributed by atoms with Crippen molar-refractivity contribution in [3.8, 4) is 0 Å². The SMILES string of the molecule is NC1=NCC(c2ccc(Cl)c3cccnc23)N1. The molecule has 4 nitrogen and oxygen atoms in total. The zero-order chi connectivity index (χ0) is 11.8. The summed E-state index contributed by atoms with van der Waals surface area (Å²) >= 11 is 6.15. The average molecular weight is 247 g/mol. The number of rotatable bonds is 1. The van der Waals surface area contributed by atoms with Crippen LogP contribution >= 0.6 is 11.6 Å². The third-order valence-corrected chi connectivity index (χ3v) is 3.22. The smallest absolute Gasteiger partial charge is 0.189 e. The van der Waals surface area contributed by atoms with E-state index in [0.717, 1.165) is 16.5 Å². The van der Waals surface area contributed by atoms with E-state index >= 15 is 0 Å². The lowest BCUT2D eigenvalue weighted by atomic mass is 10.0. The van der Waals surface area contributed by atoms with E-state index in [4.69, 9.17) is 17.3 Å². The Kier molecular flexibility index (Phi) is 2.37. The molecule has 1 aromatic carbocycles. The molecule has 86 valence electrons. The molecule has 1 aliphatic heterocycles. The number of benzene rings is 1. The molecule has 1 aliphatic rings. The Morgan fingerprint density at radius 2 is 2.24 bits per heavy atom. The summed E-state index contributed by atoms with van der Waals surface area (Å²) in [6, 6.07) is 7.79. The monoisotopic (exact) mass is 246 g/mol. The van der Waals surface area contributed by atoms with Gasteiger partial charge >= 0.3 is 0 Å². The molecule has 0 spiro atoms. The fraction of sp³-hybridized carbons (Fsp3) is 0.167. The maximum absolute atomic E-state index is 6.15. The van der Waals surface area contributed by atoms with Gasteiger partial charge in [0.25, 0.3) is 0 Å². The molecule has 0 bridgehead atoms. The summed E-state index contributed by atoms with van der Waals surface area (Å²) in [6.07, 6.45) is 1.77. The highest BCUT2D eigenvalue weighted by molar-refractivity contribution is 6.35. The number of fused-ring (bicyclic) bond motifs is 1. The van der Waals surface area contributed by atoms with E-state index in [-0.39, 0.29) is 6.04 Å². The number of hydrogen-bond acceptors (Lipinski definition) is 4. The molecule has 0 saturated heterocycles. The minimum Gasteiger partial charge on any atom is -0.370 e. The largest absolute Gasteiger partial charge is 0.370 e. The molecule has 5 heteroatoms. The summed E-state index contributed by atoms with van der Waals surface area (Å²) in [5, 5.41) is 4.80. The molecule has 1 aromatic heterocycles. The number of aromatic nitrogens is 1. The van der Waals surface area contributed by atoms with Gasteiger partial charge in [-0.1, -0.05) is 17.7 Å². The number of pyridine rings is 1. The first-order valence-corrected chi connectivity index (χ1v) is 5.73. The van der Waals surface area contributed by atoms with E-state index in [9.17, 15) is 0 Å². The second-order valence-electron chi connectivity index (χ2n) is 3.96. The van der Waals surface area contributed by atoms with Crippen LogP contribution in [0.15, 0.2) is 35.5 Å². The second-order valence-corrected chi connectivity index (χ2v) is 4.37. The first-order valence-electron chi connectivity index (χ1n) is 5.35. The fourth-order valence-corrected chi connectivity index (χ4v) is 2.29. The first kappa shape index (κ1) is 10.4. The van der Waals surface area contributed by atoms with Crippen molar-refractivity contribution in [1.29, 1.82) is 0 Å². The van der Waals surface area contributed by atoms with Gasteiger partial charge in [0, 0.05) is 22.2 Å². The van der Waals surface area contributed by atoms with E-state index in [0.29, 0.717) is 17.5 Å². The molecule has 17 heavy (non-hydrogen) atoms. The predicted molar refractivity (Wildman–Crippen MR) is 69.1 cm³/mol. The Bertz CT molecular complexity index is 608. The van der Waals surface area contributed by atoms with Gasteiger partial charge in [-0.2, -0.15) is 0 Å². The van der Waals surface area contributed by atoms with Crippen LogP contribution in [0.4, 0.5) is 0 Å². The Labute approximate surface area is 104 Å². The van der Waals surface area contributed by atoms with Crippen LogP contribution in [0.2, 0.25) is 5.02 Å². The molecule has 0 aliphatic carbocycles. The van der Waals surface area contributed by atoms with Crippen LogP contribution in [-0.2, 0) is 0 Å². The summed E-state index contributed by atoms with van der Waals surface area (Å²) in [4.78, 5) is 8.54. The number of hydrogen-bond donors (Lipinski definition) is 2. The van der Waals surface area contributed by atoms with Crippen LogP contribution in [-0.4, -0.2) is 17.5 Å². The highest BCUT2D eigenvalue weighted by Crippen LogP contribution is 2.29. The summed E-state index contributed by atoms with van der Waals surface area (Å²) in [7, 11) is 0. The van der Waals surface area contributed by atoms with E-state index in [1.54, 1.807) is 6.20 Å². The molecular weight excluding hydrogens is 236 g/mol. The van der Waals surface area contributed by atoms with E-state index < -0.39 is 0 Å². The lowest BCUT2D eigenvalue weighted by Crippen LogP contribution is -2.29. The number of halogens is 1. The van der Waals surface area contributed by atoms with Gasteiger partial charge in [0.05, 0.1) is 18.1 Å². The van der Waals surface area contributed by atoms with Gasteiger partial charge < -0.3 is 11.1 Å². The van der Waals surface area contributed by atoms with Gasteiger partial charge in [-0.15, -0.1) is 0 Å². The maximum atomic E-state index is 6.15. The van der Waals surface area contributed by atoms with Gasteiger partial charge in [0.1, 0.15) is 0 Å². The summed E-state index contributed by atoms with van der Waals surface area (Å²) in [5.74, 6) is 0.481. The van der Waals surface area contributed by atoms with Crippen LogP contribution in [0, 0.1) is 0 Å². The molecule has 2 aromatic rings. The molecule has 0 saturated carbocycles. The normalized spacial score (nSPS) is 19.1. The molecule has 3 N–H and O–H groups in total. The third kappa shape index (κ3) is 1.70. The van der Waals surface area contributed by atoms with Crippen molar-refractivity contribution >= 4 is 28.5 Å². The van der Waals surface area contributed by atoms with Gasteiger partial charge in [-0.05, 0) is 18.2 Å². The van der Waals surface area contributed by atoms with Crippen LogP contribution in [0.5, 0.6) is 0 Å². The van der Waals surface area contributed by atoms with Crippen molar-refractivity contribution in [2.75, 3.05) is 6.54 Å². The van der Waals surface area contributed by atoms with Crippen LogP contribution < -0.4 is 11.1 Å². The number of guanidine groups is 1. The highest BCUT2D eigenvalue weighted by Gasteiger charge is 2.20. The molecule has 3 rings (SSSR count). The van der Waals surface area contributed by atoms with Crippen molar-refractivity contribution in [1.82, 2.24) is 10.3 Å². The van der Waals surface area contributed by atoms with Crippen LogP contribution in [0.1, 0.15) is 11.6 Å². The lowest BCUT2D eigenvalue weighted by molar-refractivity contribution is 0.712. The predicted octanol–water partition coefficient (Wildman–Crippen LogP) is 1.85. The Hall–Kier alpha value is -1.81. The Morgan fingerprint density at radius 1 is 1.35 bits per heavy atom. The molecule has 0 amide bonds. The van der Waals surface area contributed by atoms with Crippen molar-refractivity contribution in [3.63, 3.8) is 0 Å². The number of aliphatic imine (C=N–C) groups is 1. The maximum Gasteiger partial charge on any atom is 0.189 e. The molecule has 0 fully saturated rings. The number of nitrogens with zero attached hydrogens (tertiary/aromatic N) is 2. The van der Waals surface area contributed by atoms with Gasteiger partial charge in [0.15, 0.2) is 5.96 Å². The van der Waals surface area contributed by atoms with Crippen molar-refractivity contribution < 1.29 is 0 Å². The standard InChI is InChI=1S/C12H11ClN4/c13-9-4-3-8(10-6-16-12(14)17-10)11-7(9)2-1-5-15-11/h1-5,10H,6H2,(H3,14,16,17). The van der Waals surface area contributed by atoms with Crippen molar-refractivity contribution in [2.45, 2.75) is 6.04 Å². The van der Waals surface area contributed by atoms with Gasteiger partial charge in [0.2, 0.25) is 0 Å². The minimum atomic E-state index is 0.0877. The topological polar surface area (TPSA) is 63.3 Å². The summed E-state index contributed by atoms with van der Waals surface area (Å²) in [6.45, 7) is 0.638. The fourth-order valence-electron chi connectivity index (χ4n) is 2.08. The number of nitrogens with one attached hydrogen (secondary N) is 1.